The number of hydrogen-bond donors (Lipinski definition) is 2. The maximum Gasteiger partial charge on any atom is 0.423 e. The molecule has 2 atom stereocenters. The molecular formula is C21H25BrF3N7O3. The number of hydrogen-bond acceptors (Lipinski definition) is 8. The fraction of sp³-hybridized carbons (Fsp3) is 0.571. The van der Waals surface area contributed by atoms with E-state index in [1.807, 2.05) is 4.90 Å². The van der Waals surface area contributed by atoms with Gasteiger partial charge in [-0.3, -0.25) is 9.59 Å². The summed E-state index contributed by atoms with van der Waals surface area (Å²) in [6.45, 7) is 3.63. The molecule has 10 nitrogen and oxygen atoms in total. The lowest BCUT2D eigenvalue weighted by Gasteiger charge is -2.36. The van der Waals surface area contributed by atoms with E-state index in [1.165, 1.54) is 0 Å². The normalized spacial score (nSPS) is 20.4. The molecule has 2 aliphatic rings. The zero-order valence-corrected chi connectivity index (χ0v) is 20.5. The van der Waals surface area contributed by atoms with Gasteiger partial charge in [-0.05, 0) is 35.7 Å². The van der Waals surface area contributed by atoms with E-state index >= 15 is 0 Å². The van der Waals surface area contributed by atoms with E-state index in [0.717, 1.165) is 36.6 Å². The molecule has 1 unspecified atom stereocenters. The van der Waals surface area contributed by atoms with Gasteiger partial charge in [0.2, 0.25) is 5.95 Å². The number of nitrogens with zero attached hydrogens (tertiary/aromatic N) is 5. The molecule has 0 aromatic carbocycles. The number of aromatic nitrogens is 4. The van der Waals surface area contributed by atoms with Crippen LogP contribution < -0.4 is 15.8 Å². The van der Waals surface area contributed by atoms with Crippen LogP contribution in [0.1, 0.15) is 31.7 Å². The summed E-state index contributed by atoms with van der Waals surface area (Å²) in [7, 11) is 0. The van der Waals surface area contributed by atoms with Gasteiger partial charge in [-0.15, -0.1) is 0 Å². The highest BCUT2D eigenvalue weighted by atomic mass is 79.9. The number of amides is 1. The first-order valence-corrected chi connectivity index (χ1v) is 12.0. The average Bonchev–Trinajstić information content (AvgIpc) is 3.18. The van der Waals surface area contributed by atoms with Gasteiger partial charge in [0.25, 0.3) is 11.5 Å². The van der Waals surface area contributed by atoms with Crippen molar-refractivity contribution >= 4 is 33.5 Å². The van der Waals surface area contributed by atoms with Gasteiger partial charge in [0.05, 0.1) is 23.0 Å². The number of rotatable bonds is 7. The second-order valence-corrected chi connectivity index (χ2v) is 9.51. The van der Waals surface area contributed by atoms with Crippen molar-refractivity contribution in [3.63, 3.8) is 0 Å². The number of H-pyrrole nitrogens is 1. The van der Waals surface area contributed by atoms with Gasteiger partial charge in [0.1, 0.15) is 11.7 Å². The summed E-state index contributed by atoms with van der Waals surface area (Å²) in [6, 6.07) is -0.495. The Morgan fingerprint density at radius 3 is 2.51 bits per heavy atom. The van der Waals surface area contributed by atoms with Crippen LogP contribution in [0.5, 0.6) is 0 Å². The number of halogens is 4. The first kappa shape index (κ1) is 25.4. The van der Waals surface area contributed by atoms with Crippen LogP contribution in [-0.4, -0.2) is 75.4 Å². The standard InChI is InChI=1S/C21H25BrF3N7O3/c1-12(29-15-10-28-30-18(33)17(15)21(23,24)25)11-35-16-4-7-32(19(16)34)14-2-5-31(6-3-14)20-26-8-13(22)9-27-20/h8-10,12,14,16H,2-7,11H2,1H3,(H2,29,30,33)/t12?,16-/m1/s1. The summed E-state index contributed by atoms with van der Waals surface area (Å²) in [5.41, 5.74) is -3.10. The summed E-state index contributed by atoms with van der Waals surface area (Å²) >= 11 is 3.32. The molecule has 190 valence electrons. The third-order valence-corrected chi connectivity index (χ3v) is 6.48. The van der Waals surface area contributed by atoms with E-state index in [0.29, 0.717) is 18.9 Å². The summed E-state index contributed by atoms with van der Waals surface area (Å²) in [5, 5.41) is 7.85. The molecule has 0 spiro atoms. The Kier molecular flexibility index (Phi) is 7.59. The molecule has 2 aromatic heterocycles. The first-order valence-electron chi connectivity index (χ1n) is 11.2. The van der Waals surface area contributed by atoms with Gasteiger partial charge in [-0.2, -0.15) is 18.3 Å². The maximum atomic E-state index is 13.2. The Morgan fingerprint density at radius 1 is 1.17 bits per heavy atom. The van der Waals surface area contributed by atoms with Crippen LogP contribution in [0.3, 0.4) is 0 Å². The molecule has 2 fully saturated rings. The number of anilines is 2. The minimum atomic E-state index is -4.83. The monoisotopic (exact) mass is 559 g/mol. The van der Waals surface area contributed by atoms with Crippen molar-refractivity contribution < 1.29 is 22.7 Å². The molecule has 0 aliphatic carbocycles. The number of carbonyl (C=O) groups excluding carboxylic acids is 1. The Morgan fingerprint density at radius 2 is 1.86 bits per heavy atom. The molecule has 4 rings (SSSR count). The molecule has 1 amide bonds. The lowest BCUT2D eigenvalue weighted by Crippen LogP contribution is -2.47. The second kappa shape index (κ2) is 10.5. The van der Waals surface area contributed by atoms with E-state index in [2.05, 4.69) is 41.2 Å². The van der Waals surface area contributed by atoms with E-state index in [-0.39, 0.29) is 18.6 Å². The SMILES string of the molecule is CC(CO[C@@H]1CCN(C2CCN(c3ncc(Br)cn3)CC2)C1=O)Nc1cn[nH]c(=O)c1C(F)(F)F. The minimum Gasteiger partial charge on any atom is -0.378 e. The van der Waals surface area contributed by atoms with Crippen molar-refractivity contribution in [1.29, 1.82) is 0 Å². The summed E-state index contributed by atoms with van der Waals surface area (Å²) < 4.78 is 46.2. The number of piperidine rings is 1. The molecule has 14 heteroatoms. The fourth-order valence-electron chi connectivity index (χ4n) is 4.40. The number of ether oxygens (including phenoxy) is 1. The molecule has 0 radical (unpaired) electrons. The Hall–Kier alpha value is -2.74. The van der Waals surface area contributed by atoms with Crippen LogP contribution in [0, 0.1) is 0 Å². The Labute approximate surface area is 207 Å². The number of likely N-dealkylation sites (tertiary alicyclic amines) is 1. The maximum absolute atomic E-state index is 13.2. The summed E-state index contributed by atoms with van der Waals surface area (Å²) in [4.78, 5) is 37.1. The lowest BCUT2D eigenvalue weighted by molar-refractivity contribution is -0.139. The van der Waals surface area contributed by atoms with Crippen LogP contribution in [0.4, 0.5) is 24.8 Å². The second-order valence-electron chi connectivity index (χ2n) is 8.59. The number of alkyl halides is 3. The highest BCUT2D eigenvalue weighted by Gasteiger charge is 2.39. The van der Waals surface area contributed by atoms with Gasteiger partial charge in [-0.1, -0.05) is 0 Å². The van der Waals surface area contributed by atoms with Crippen molar-refractivity contribution in [2.45, 2.75) is 50.6 Å². The van der Waals surface area contributed by atoms with Crippen LogP contribution >= 0.6 is 15.9 Å². The average molecular weight is 560 g/mol. The minimum absolute atomic E-state index is 0.00626. The van der Waals surface area contributed by atoms with Crippen LogP contribution in [-0.2, 0) is 15.7 Å². The predicted octanol–water partition coefficient (Wildman–Crippen LogP) is 2.43. The third-order valence-electron chi connectivity index (χ3n) is 6.07. The first-order chi connectivity index (χ1) is 16.6. The van der Waals surface area contributed by atoms with Crippen molar-refractivity contribution in [3.05, 3.63) is 39.0 Å². The highest BCUT2D eigenvalue weighted by Crippen LogP contribution is 2.32. The summed E-state index contributed by atoms with van der Waals surface area (Å²) in [6.07, 6.45) is 0.916. The number of nitrogens with one attached hydrogen (secondary N) is 2. The van der Waals surface area contributed by atoms with Crippen molar-refractivity contribution in [1.82, 2.24) is 25.1 Å². The molecule has 2 aliphatic heterocycles. The fourth-order valence-corrected chi connectivity index (χ4v) is 4.60. The van der Waals surface area contributed by atoms with Gasteiger partial charge in [0.15, 0.2) is 0 Å². The Balaban J connectivity index is 1.27. The smallest absolute Gasteiger partial charge is 0.378 e. The van der Waals surface area contributed by atoms with Gasteiger partial charge < -0.3 is 19.9 Å². The Bertz CT molecular complexity index is 1090. The molecule has 2 N–H and O–H groups in total. The van der Waals surface area contributed by atoms with Crippen molar-refractivity contribution in [3.8, 4) is 0 Å². The van der Waals surface area contributed by atoms with Crippen molar-refractivity contribution in [2.75, 3.05) is 36.5 Å². The van der Waals surface area contributed by atoms with E-state index in [4.69, 9.17) is 4.74 Å². The van der Waals surface area contributed by atoms with Gasteiger partial charge in [0, 0.05) is 50.5 Å². The molecule has 0 saturated carbocycles. The lowest BCUT2D eigenvalue weighted by atomic mass is 10.0. The topological polar surface area (TPSA) is 116 Å². The van der Waals surface area contributed by atoms with Gasteiger partial charge >= 0.3 is 6.18 Å². The number of carbonyl (C=O) groups is 1. The number of aromatic amines is 1. The molecule has 35 heavy (non-hydrogen) atoms. The van der Waals surface area contributed by atoms with Crippen LogP contribution in [0.2, 0.25) is 0 Å². The van der Waals surface area contributed by atoms with Crippen LogP contribution in [0.15, 0.2) is 27.9 Å². The molecule has 0 bridgehead atoms. The van der Waals surface area contributed by atoms with E-state index in [9.17, 15) is 22.8 Å². The molecular weight excluding hydrogens is 535 g/mol. The van der Waals surface area contributed by atoms with Crippen molar-refractivity contribution in [2.24, 2.45) is 0 Å². The largest absolute Gasteiger partial charge is 0.423 e. The van der Waals surface area contributed by atoms with Crippen LogP contribution in [0.25, 0.3) is 0 Å². The van der Waals surface area contributed by atoms with Gasteiger partial charge in [-0.25, -0.2) is 15.1 Å². The molecule has 2 saturated heterocycles. The third kappa shape index (κ3) is 5.92. The van der Waals surface area contributed by atoms with E-state index < -0.39 is 35.1 Å². The zero-order chi connectivity index (χ0) is 25.2. The van der Waals surface area contributed by atoms with E-state index in [1.54, 1.807) is 24.4 Å². The zero-order valence-electron chi connectivity index (χ0n) is 18.9. The predicted molar refractivity (Wildman–Crippen MR) is 124 cm³/mol. The molecule has 2 aromatic rings. The molecule has 4 heterocycles. The quantitative estimate of drug-likeness (QED) is 0.531. The summed E-state index contributed by atoms with van der Waals surface area (Å²) in [5.74, 6) is 0.552. The highest BCUT2D eigenvalue weighted by molar-refractivity contribution is 9.10.